The molecule has 2 aromatic rings. The highest BCUT2D eigenvalue weighted by molar-refractivity contribution is 6.30. The van der Waals surface area contributed by atoms with Crippen LogP contribution in [0.5, 0.6) is 5.75 Å². The molecule has 2 fully saturated rings. The first-order valence-electron chi connectivity index (χ1n) is 13.7. The largest absolute Gasteiger partial charge is 0.491 e. The fourth-order valence-corrected chi connectivity index (χ4v) is 5.79. The number of benzene rings is 2. The molecule has 4 rings (SSSR count). The van der Waals surface area contributed by atoms with Gasteiger partial charge >= 0.3 is 5.97 Å². The third-order valence-corrected chi connectivity index (χ3v) is 8.01. The predicted octanol–water partition coefficient (Wildman–Crippen LogP) is 5.91. The Morgan fingerprint density at radius 3 is 2.49 bits per heavy atom. The van der Waals surface area contributed by atoms with E-state index >= 15 is 0 Å². The zero-order valence-electron chi connectivity index (χ0n) is 22.3. The normalized spacial score (nSPS) is 17.2. The van der Waals surface area contributed by atoms with Gasteiger partial charge in [-0.25, -0.2) is 4.39 Å². The molecule has 2 aliphatic rings. The average Bonchev–Trinajstić information content (AvgIpc) is 3.22. The molecule has 2 amide bonds. The highest BCUT2D eigenvalue weighted by atomic mass is 35.5. The highest BCUT2D eigenvalue weighted by Crippen LogP contribution is 2.33. The third kappa shape index (κ3) is 7.79. The number of halogens is 2. The Hall–Kier alpha value is -2.97. The van der Waals surface area contributed by atoms with Crippen molar-refractivity contribution in [2.45, 2.75) is 70.9 Å². The molecule has 1 unspecified atom stereocenters. The molecule has 0 aromatic heterocycles. The van der Waals surface area contributed by atoms with Crippen molar-refractivity contribution in [3.05, 3.63) is 63.9 Å². The Kier molecular flexibility index (Phi) is 9.97. The number of hydrogen-bond acceptors (Lipinski definition) is 5. The van der Waals surface area contributed by atoms with Gasteiger partial charge in [-0.3, -0.25) is 24.2 Å². The van der Waals surface area contributed by atoms with Gasteiger partial charge in [-0.05, 0) is 60.6 Å². The first kappa shape index (κ1) is 29.0. The molecular weight excluding hydrogens is 523 g/mol. The van der Waals surface area contributed by atoms with E-state index in [-0.39, 0.29) is 49.3 Å². The monoisotopic (exact) mass is 558 g/mol. The van der Waals surface area contributed by atoms with Crippen LogP contribution in [0, 0.1) is 18.7 Å². The van der Waals surface area contributed by atoms with E-state index < -0.39 is 17.8 Å². The summed E-state index contributed by atoms with van der Waals surface area (Å²) in [5, 5.41) is 9.77. The van der Waals surface area contributed by atoms with Crippen molar-refractivity contribution in [1.29, 1.82) is 0 Å². The van der Waals surface area contributed by atoms with Crippen molar-refractivity contribution in [2.24, 2.45) is 5.92 Å². The minimum Gasteiger partial charge on any atom is -0.491 e. The van der Waals surface area contributed by atoms with E-state index in [2.05, 4.69) is 4.90 Å². The van der Waals surface area contributed by atoms with Crippen molar-refractivity contribution < 1.29 is 28.6 Å². The van der Waals surface area contributed by atoms with Gasteiger partial charge in [-0.15, -0.1) is 0 Å². The van der Waals surface area contributed by atoms with Crippen molar-refractivity contribution in [1.82, 2.24) is 9.80 Å². The number of aliphatic carboxylic acids is 1. The van der Waals surface area contributed by atoms with Crippen LogP contribution in [0.1, 0.15) is 74.1 Å². The summed E-state index contributed by atoms with van der Waals surface area (Å²) in [5.41, 5.74) is 2.49. The molecule has 0 radical (unpaired) electrons. The second-order valence-electron chi connectivity index (χ2n) is 10.6. The number of likely N-dealkylation sites (tertiary alicyclic amines) is 1. The van der Waals surface area contributed by atoms with E-state index in [1.54, 1.807) is 6.07 Å². The van der Waals surface area contributed by atoms with Crippen LogP contribution in [-0.2, 0) is 20.9 Å². The molecular formula is C30H36ClFN2O5. The van der Waals surface area contributed by atoms with Crippen molar-refractivity contribution in [3.63, 3.8) is 0 Å². The summed E-state index contributed by atoms with van der Waals surface area (Å²) in [6, 6.07) is 9.86. The number of amides is 2. The van der Waals surface area contributed by atoms with Crippen LogP contribution in [0.4, 0.5) is 4.39 Å². The van der Waals surface area contributed by atoms with Gasteiger partial charge in [0.2, 0.25) is 11.8 Å². The molecule has 39 heavy (non-hydrogen) atoms. The number of imide groups is 1. The molecule has 2 aromatic carbocycles. The summed E-state index contributed by atoms with van der Waals surface area (Å²) in [4.78, 5) is 39.0. The van der Waals surface area contributed by atoms with E-state index in [0.29, 0.717) is 23.8 Å². The van der Waals surface area contributed by atoms with Crippen molar-refractivity contribution in [2.75, 3.05) is 19.7 Å². The lowest BCUT2D eigenvalue weighted by Crippen LogP contribution is -2.35. The lowest BCUT2D eigenvalue weighted by molar-refractivity contribution is -0.140. The second-order valence-corrected chi connectivity index (χ2v) is 11.0. The Labute approximate surface area is 233 Å². The zero-order chi connectivity index (χ0) is 27.9. The van der Waals surface area contributed by atoms with Crippen molar-refractivity contribution in [3.8, 4) is 5.75 Å². The Morgan fingerprint density at radius 1 is 1.13 bits per heavy atom. The minimum absolute atomic E-state index is 0.0105. The summed E-state index contributed by atoms with van der Waals surface area (Å²) in [6.07, 6.45) is 6.11. The van der Waals surface area contributed by atoms with Gasteiger partial charge in [0.1, 0.15) is 18.2 Å². The molecule has 9 heteroatoms. The Balaban J connectivity index is 1.51. The van der Waals surface area contributed by atoms with Crippen LogP contribution >= 0.6 is 11.6 Å². The predicted molar refractivity (Wildman–Crippen MR) is 146 cm³/mol. The quantitative estimate of drug-likeness (QED) is 0.326. The molecule has 210 valence electrons. The molecule has 1 N–H and O–H groups in total. The van der Waals surface area contributed by atoms with Crippen LogP contribution in [-0.4, -0.2) is 52.4 Å². The maximum absolute atomic E-state index is 14.4. The zero-order valence-corrected chi connectivity index (χ0v) is 23.1. The molecule has 7 nitrogen and oxygen atoms in total. The lowest BCUT2D eigenvalue weighted by Gasteiger charge is -2.35. The van der Waals surface area contributed by atoms with Gasteiger partial charge in [-0.2, -0.15) is 0 Å². The van der Waals surface area contributed by atoms with Crippen LogP contribution in [0.15, 0.2) is 36.4 Å². The van der Waals surface area contributed by atoms with Gasteiger partial charge in [0, 0.05) is 32.0 Å². The molecule has 0 spiro atoms. The summed E-state index contributed by atoms with van der Waals surface area (Å²) in [6.45, 7) is 3.59. The first-order chi connectivity index (χ1) is 18.7. The van der Waals surface area contributed by atoms with Gasteiger partial charge in [0.05, 0.1) is 18.0 Å². The molecule has 1 saturated carbocycles. The van der Waals surface area contributed by atoms with E-state index in [9.17, 15) is 23.9 Å². The lowest BCUT2D eigenvalue weighted by atomic mass is 9.88. The summed E-state index contributed by atoms with van der Waals surface area (Å²) < 4.78 is 20.3. The van der Waals surface area contributed by atoms with Gasteiger partial charge < -0.3 is 9.84 Å². The fraction of sp³-hybridized carbons (Fsp3) is 0.500. The number of aryl methyl sites for hydroxylation is 1. The molecule has 1 aliphatic heterocycles. The van der Waals surface area contributed by atoms with E-state index in [0.717, 1.165) is 43.4 Å². The summed E-state index contributed by atoms with van der Waals surface area (Å²) in [7, 11) is 0. The first-order valence-corrected chi connectivity index (χ1v) is 14.1. The number of carboxylic acids is 1. The molecule has 1 saturated heterocycles. The Bertz CT molecular complexity index is 1180. The molecule has 1 atom stereocenters. The maximum Gasteiger partial charge on any atom is 0.305 e. The second kappa shape index (κ2) is 13.4. The topological polar surface area (TPSA) is 87.2 Å². The SMILES string of the molecule is Cc1cc(CN(CC2CCCCC2)C(CC(=O)O)c2ccc(Cl)c(F)c2)ccc1OCCN1C(=O)CCC1=O. The number of carbonyl (C=O) groups is 3. The number of hydrogen-bond donors (Lipinski definition) is 1. The highest BCUT2D eigenvalue weighted by Gasteiger charge is 2.29. The number of carbonyl (C=O) groups excluding carboxylic acids is 2. The van der Waals surface area contributed by atoms with Crippen LogP contribution < -0.4 is 4.74 Å². The third-order valence-electron chi connectivity index (χ3n) is 7.71. The maximum atomic E-state index is 14.4. The summed E-state index contributed by atoms with van der Waals surface area (Å²) >= 11 is 5.92. The van der Waals surface area contributed by atoms with E-state index in [1.165, 1.54) is 23.5 Å². The van der Waals surface area contributed by atoms with Gasteiger partial charge in [-0.1, -0.05) is 49.1 Å². The number of carboxylic acid groups (broad SMARTS) is 1. The van der Waals surface area contributed by atoms with Crippen LogP contribution in [0.2, 0.25) is 5.02 Å². The van der Waals surface area contributed by atoms with E-state index in [4.69, 9.17) is 16.3 Å². The Morgan fingerprint density at radius 2 is 1.85 bits per heavy atom. The summed E-state index contributed by atoms with van der Waals surface area (Å²) in [5.74, 6) is -0.711. The smallest absolute Gasteiger partial charge is 0.305 e. The molecule has 1 heterocycles. The fourth-order valence-electron chi connectivity index (χ4n) is 5.67. The van der Waals surface area contributed by atoms with Crippen LogP contribution in [0.25, 0.3) is 0 Å². The standard InChI is InChI=1S/C30H36ClFN2O5/c1-20-15-22(7-10-27(20)39-14-13-34-28(35)11-12-29(34)36)19-33(18-21-5-3-2-4-6-21)26(17-30(37)38)23-8-9-24(31)25(32)16-23/h7-10,15-16,21,26H,2-6,11-14,17-19H2,1H3,(H,37,38). The van der Waals surface area contributed by atoms with Gasteiger partial charge in [0.15, 0.2) is 0 Å². The number of ether oxygens (including phenoxy) is 1. The van der Waals surface area contributed by atoms with Gasteiger partial charge in [0.25, 0.3) is 0 Å². The van der Waals surface area contributed by atoms with Crippen molar-refractivity contribution >= 4 is 29.4 Å². The van der Waals surface area contributed by atoms with Crippen LogP contribution in [0.3, 0.4) is 0 Å². The minimum atomic E-state index is -0.945. The molecule has 0 bridgehead atoms. The average molecular weight is 559 g/mol. The number of nitrogens with zero attached hydrogens (tertiary/aromatic N) is 2. The molecule has 1 aliphatic carbocycles. The van der Waals surface area contributed by atoms with E-state index in [1.807, 2.05) is 25.1 Å². The number of rotatable bonds is 12.